The van der Waals surface area contributed by atoms with Gasteiger partial charge in [-0.1, -0.05) is 64.7 Å². The smallest absolute Gasteiger partial charge is 0.278 e. The molecule has 3 N–H and O–H groups in total. The molecule has 4 aliphatic carbocycles. The van der Waals surface area contributed by atoms with Crippen LogP contribution in [0.3, 0.4) is 0 Å². The molecule has 9 atom stereocenters. The predicted octanol–water partition coefficient (Wildman–Crippen LogP) is 5.62. The summed E-state index contributed by atoms with van der Waals surface area (Å²) in [5.41, 5.74) is 2.96. The number of aliphatic hydroxyl groups is 3. The molecule has 186 valence electrons. The zero-order valence-corrected chi connectivity index (χ0v) is 21.6. The van der Waals surface area contributed by atoms with Crippen LogP contribution in [-0.2, 0) is 4.79 Å². The summed E-state index contributed by atoms with van der Waals surface area (Å²) in [4.78, 5) is 13.2. The average molecular weight is 459 g/mol. The molecule has 0 saturated heterocycles. The summed E-state index contributed by atoms with van der Waals surface area (Å²) >= 11 is 0. The van der Waals surface area contributed by atoms with Crippen LogP contribution in [0, 0.1) is 52.3 Å². The Bertz CT molecular complexity index is 835. The lowest BCUT2D eigenvalue weighted by Gasteiger charge is -2.56. The molecular weight excluding hydrogens is 412 g/mol. The Morgan fingerprint density at radius 1 is 0.970 bits per heavy atom. The molecule has 4 heteroatoms. The maximum Gasteiger partial charge on any atom is 0.278 e. The van der Waals surface area contributed by atoms with Crippen molar-refractivity contribution < 1.29 is 20.1 Å². The van der Waals surface area contributed by atoms with Crippen molar-refractivity contribution in [3.63, 3.8) is 0 Å². The lowest BCUT2D eigenvalue weighted by molar-refractivity contribution is -0.344. The summed E-state index contributed by atoms with van der Waals surface area (Å²) in [5.74, 6) is -0.788. The van der Waals surface area contributed by atoms with Crippen molar-refractivity contribution in [1.82, 2.24) is 0 Å². The van der Waals surface area contributed by atoms with Gasteiger partial charge in [-0.25, -0.2) is 0 Å². The molecule has 0 bridgehead atoms. The molecular formula is C29H46O4. The van der Waals surface area contributed by atoms with Gasteiger partial charge in [0.15, 0.2) is 5.78 Å². The molecule has 33 heavy (non-hydrogen) atoms. The van der Waals surface area contributed by atoms with Gasteiger partial charge in [0.05, 0.1) is 0 Å². The van der Waals surface area contributed by atoms with Gasteiger partial charge in [-0.3, -0.25) is 4.79 Å². The minimum absolute atomic E-state index is 0.130. The highest BCUT2D eigenvalue weighted by molar-refractivity contribution is 5.94. The van der Waals surface area contributed by atoms with Crippen molar-refractivity contribution in [2.24, 2.45) is 52.3 Å². The zero-order chi connectivity index (χ0) is 24.3. The van der Waals surface area contributed by atoms with E-state index < -0.39 is 11.9 Å². The molecule has 2 unspecified atom stereocenters. The van der Waals surface area contributed by atoms with E-state index in [1.807, 2.05) is 13.8 Å². The summed E-state index contributed by atoms with van der Waals surface area (Å²) in [6.45, 7) is 12.9. The lowest BCUT2D eigenvalue weighted by atomic mass is 9.47. The summed E-state index contributed by atoms with van der Waals surface area (Å²) in [6, 6.07) is 0. The Hall–Kier alpha value is -0.970. The van der Waals surface area contributed by atoms with Gasteiger partial charge < -0.3 is 15.3 Å². The van der Waals surface area contributed by atoms with Crippen molar-refractivity contribution in [3.8, 4) is 0 Å². The third kappa shape index (κ3) is 4.08. The fourth-order valence-electron chi connectivity index (χ4n) is 8.73. The van der Waals surface area contributed by atoms with E-state index in [2.05, 4.69) is 32.9 Å². The van der Waals surface area contributed by atoms with Crippen LogP contribution in [0.25, 0.3) is 0 Å². The maximum absolute atomic E-state index is 13.2. The predicted molar refractivity (Wildman–Crippen MR) is 131 cm³/mol. The summed E-state index contributed by atoms with van der Waals surface area (Å²) in [6.07, 6.45) is 14.0. The highest BCUT2D eigenvalue weighted by atomic mass is 16.7. The summed E-state index contributed by atoms with van der Waals surface area (Å²) in [5, 5.41) is 28.9. The van der Waals surface area contributed by atoms with Crippen molar-refractivity contribution in [3.05, 3.63) is 23.3 Å². The van der Waals surface area contributed by atoms with Gasteiger partial charge in [-0.05, 0) is 91.9 Å². The van der Waals surface area contributed by atoms with Crippen LogP contribution < -0.4 is 0 Å². The number of carbonyl (C=O) groups excluding carboxylic acids is 1. The normalized spacial score (nSPS) is 42.0. The van der Waals surface area contributed by atoms with Crippen LogP contribution in [-0.4, -0.2) is 27.1 Å². The van der Waals surface area contributed by atoms with E-state index in [1.54, 1.807) is 6.92 Å². The molecule has 0 heterocycles. The molecule has 4 nitrogen and oxygen atoms in total. The zero-order valence-electron chi connectivity index (χ0n) is 21.6. The van der Waals surface area contributed by atoms with Crippen LogP contribution >= 0.6 is 0 Å². The molecule has 4 rings (SSSR count). The van der Waals surface area contributed by atoms with E-state index >= 15 is 0 Å². The number of hydrogen-bond acceptors (Lipinski definition) is 4. The molecule has 3 saturated carbocycles. The highest BCUT2D eigenvalue weighted by Gasteiger charge is 2.59. The Morgan fingerprint density at radius 3 is 2.30 bits per heavy atom. The molecule has 3 fully saturated rings. The molecule has 0 aromatic heterocycles. The quantitative estimate of drug-likeness (QED) is 0.369. The molecule has 0 spiro atoms. The second-order valence-electron chi connectivity index (χ2n) is 12.7. The highest BCUT2D eigenvalue weighted by Crippen LogP contribution is 2.66. The van der Waals surface area contributed by atoms with E-state index in [0.717, 1.165) is 12.0 Å². The van der Waals surface area contributed by atoms with Gasteiger partial charge in [0, 0.05) is 11.8 Å². The third-order valence-electron chi connectivity index (χ3n) is 11.1. The van der Waals surface area contributed by atoms with Crippen LogP contribution in [0.15, 0.2) is 23.3 Å². The van der Waals surface area contributed by atoms with E-state index in [-0.39, 0.29) is 22.7 Å². The first-order chi connectivity index (χ1) is 15.3. The first-order valence-corrected chi connectivity index (χ1v) is 13.4. The van der Waals surface area contributed by atoms with Crippen molar-refractivity contribution in [2.75, 3.05) is 0 Å². The third-order valence-corrected chi connectivity index (χ3v) is 11.1. The number of allylic oxidation sites excluding steroid dienone is 4. The maximum atomic E-state index is 13.2. The standard InChI is InChI=1S/C29H46O4/c1-17(19(3)20(4)29(31,32)33)15-18(2)22-10-11-23-21-16-26(30)25-9-7-8-13-27(25,5)24(21)12-14-28(22,23)6/h15-16,18-20,22-25,31-33H,7-14H2,1-6H3/t18-,19+,20?,22-,23+,24+,25?,27-,28-/m1/s1. The van der Waals surface area contributed by atoms with E-state index in [9.17, 15) is 20.1 Å². The molecule has 0 amide bonds. The molecule has 0 aromatic carbocycles. The minimum atomic E-state index is -2.66. The Labute approximate surface area is 200 Å². The van der Waals surface area contributed by atoms with E-state index in [0.29, 0.717) is 29.5 Å². The topological polar surface area (TPSA) is 77.8 Å². The fraction of sp³-hybridized carbons (Fsp3) is 0.828. The van der Waals surface area contributed by atoms with Gasteiger partial charge in [0.2, 0.25) is 0 Å². The molecule has 0 aromatic rings. The van der Waals surface area contributed by atoms with Gasteiger partial charge >= 0.3 is 0 Å². The first kappa shape index (κ1) is 25.1. The van der Waals surface area contributed by atoms with E-state index in [4.69, 9.17) is 0 Å². The number of fused-ring (bicyclic) bond motifs is 5. The number of hydrogen-bond donors (Lipinski definition) is 3. The van der Waals surface area contributed by atoms with Gasteiger partial charge in [-0.15, -0.1) is 0 Å². The van der Waals surface area contributed by atoms with Gasteiger partial charge in [0.1, 0.15) is 0 Å². The molecule has 0 aliphatic heterocycles. The van der Waals surface area contributed by atoms with Crippen LogP contribution in [0.2, 0.25) is 0 Å². The van der Waals surface area contributed by atoms with Gasteiger partial charge in [0.25, 0.3) is 5.97 Å². The Morgan fingerprint density at radius 2 is 1.64 bits per heavy atom. The second-order valence-corrected chi connectivity index (χ2v) is 12.7. The first-order valence-electron chi connectivity index (χ1n) is 13.4. The number of rotatable bonds is 5. The van der Waals surface area contributed by atoms with Crippen LogP contribution in [0.5, 0.6) is 0 Å². The van der Waals surface area contributed by atoms with Crippen molar-refractivity contribution in [1.29, 1.82) is 0 Å². The van der Waals surface area contributed by atoms with E-state index in [1.165, 1.54) is 50.5 Å². The monoisotopic (exact) mass is 458 g/mol. The summed E-state index contributed by atoms with van der Waals surface area (Å²) in [7, 11) is 0. The number of carbonyl (C=O) groups is 1. The Balaban J connectivity index is 1.57. The molecule has 0 radical (unpaired) electrons. The SMILES string of the molecule is CC(=C[C@@H](C)[C@H]1CC[C@H]2C3=CC(=O)C4CCCC[C@]4(C)[C@H]3CC[C@]12C)[C@H](C)C(C)C(O)(O)O. The van der Waals surface area contributed by atoms with Crippen LogP contribution in [0.1, 0.15) is 92.9 Å². The average Bonchev–Trinajstić information content (AvgIpc) is 3.09. The summed E-state index contributed by atoms with van der Waals surface area (Å²) < 4.78 is 0. The minimum Gasteiger partial charge on any atom is -0.343 e. The van der Waals surface area contributed by atoms with Crippen molar-refractivity contribution >= 4 is 5.78 Å². The fourth-order valence-corrected chi connectivity index (χ4v) is 8.73. The van der Waals surface area contributed by atoms with Gasteiger partial charge in [-0.2, -0.15) is 0 Å². The largest absolute Gasteiger partial charge is 0.343 e. The lowest BCUT2D eigenvalue weighted by Crippen LogP contribution is -2.51. The number of ketones is 1. The van der Waals surface area contributed by atoms with Crippen molar-refractivity contribution in [2.45, 2.75) is 98.9 Å². The molecule has 4 aliphatic rings. The second kappa shape index (κ2) is 8.60. The Kier molecular flexibility index (Phi) is 6.55. The van der Waals surface area contributed by atoms with Crippen LogP contribution in [0.4, 0.5) is 0 Å².